The normalized spacial score (nSPS) is 14.8. The predicted molar refractivity (Wildman–Crippen MR) is 240 cm³/mol. The third kappa shape index (κ3) is 4.63. The number of fused-ring (bicyclic) bond motifs is 11. The van der Waals surface area contributed by atoms with Gasteiger partial charge in [0, 0.05) is 27.8 Å². The molecule has 1 atom stereocenters. The fourth-order valence-corrected chi connectivity index (χ4v) is 10.5. The summed E-state index contributed by atoms with van der Waals surface area (Å²) in [5.41, 5.74) is 20.7. The zero-order valence-corrected chi connectivity index (χ0v) is 32.0. The summed E-state index contributed by atoms with van der Waals surface area (Å²) in [6.45, 7) is 4.81. The first-order chi connectivity index (χ1) is 28.0. The Hall–Kier alpha value is -6.96. The molecule has 9 aromatic carbocycles. The average Bonchev–Trinajstić information content (AvgIpc) is 3.86. The molecule has 0 amide bonds. The Labute approximate surface area is 333 Å². The molecule has 1 aromatic heterocycles. The highest BCUT2D eigenvalue weighted by atomic mass is 15.0. The summed E-state index contributed by atoms with van der Waals surface area (Å²) in [5.74, 6) is 0.190. The van der Waals surface area contributed by atoms with Crippen LogP contribution in [0.1, 0.15) is 47.6 Å². The average molecular weight is 726 g/mol. The Kier molecular flexibility index (Phi) is 6.81. The lowest BCUT2D eigenvalue weighted by Gasteiger charge is -2.22. The van der Waals surface area contributed by atoms with E-state index in [0.717, 1.165) is 0 Å². The first kappa shape index (κ1) is 32.3. The molecule has 57 heavy (non-hydrogen) atoms. The molecular formula is C56H39N. The Bertz CT molecular complexity index is 3260. The van der Waals surface area contributed by atoms with Crippen LogP contribution in [0.3, 0.4) is 0 Å². The van der Waals surface area contributed by atoms with Crippen LogP contribution in [-0.4, -0.2) is 4.57 Å². The van der Waals surface area contributed by atoms with E-state index in [2.05, 4.69) is 213 Å². The van der Waals surface area contributed by atoms with Crippen LogP contribution >= 0.6 is 0 Å². The third-order valence-electron chi connectivity index (χ3n) is 13.1. The lowest BCUT2D eigenvalue weighted by molar-refractivity contribution is 0.666. The highest BCUT2D eigenvalue weighted by Crippen LogP contribution is 2.54. The summed E-state index contributed by atoms with van der Waals surface area (Å²) < 4.78 is 2.49. The van der Waals surface area contributed by atoms with Crippen molar-refractivity contribution < 1.29 is 0 Å². The van der Waals surface area contributed by atoms with Crippen molar-refractivity contribution in [3.63, 3.8) is 0 Å². The summed E-state index contributed by atoms with van der Waals surface area (Å²) >= 11 is 0. The minimum absolute atomic E-state index is 0.152. The van der Waals surface area contributed by atoms with Crippen LogP contribution in [-0.2, 0) is 5.41 Å². The molecule has 1 unspecified atom stereocenters. The van der Waals surface area contributed by atoms with Crippen LogP contribution in [0.25, 0.3) is 82.8 Å². The molecule has 0 fully saturated rings. The predicted octanol–water partition coefficient (Wildman–Crippen LogP) is 14.7. The Morgan fingerprint density at radius 2 is 1.05 bits per heavy atom. The van der Waals surface area contributed by atoms with Crippen LogP contribution in [0.15, 0.2) is 194 Å². The van der Waals surface area contributed by atoms with E-state index in [0.29, 0.717) is 0 Å². The molecule has 0 spiro atoms. The van der Waals surface area contributed by atoms with Crippen molar-refractivity contribution in [3.05, 3.63) is 222 Å². The number of aromatic nitrogens is 1. The fraction of sp³-hybridized carbons (Fsp3) is 0.0714. The molecule has 0 saturated heterocycles. The van der Waals surface area contributed by atoms with Crippen molar-refractivity contribution in [1.82, 2.24) is 4.57 Å². The van der Waals surface area contributed by atoms with Gasteiger partial charge in [0.05, 0.1) is 11.0 Å². The molecule has 1 nitrogen and oxygen atoms in total. The van der Waals surface area contributed by atoms with E-state index >= 15 is 0 Å². The zero-order chi connectivity index (χ0) is 37.8. The van der Waals surface area contributed by atoms with Crippen molar-refractivity contribution in [3.8, 4) is 50.2 Å². The monoisotopic (exact) mass is 725 g/mol. The minimum Gasteiger partial charge on any atom is -0.309 e. The first-order valence-corrected chi connectivity index (χ1v) is 20.1. The largest absolute Gasteiger partial charge is 0.309 e. The number of nitrogens with zero attached hydrogens (tertiary/aromatic N) is 1. The van der Waals surface area contributed by atoms with Crippen molar-refractivity contribution >= 4 is 32.6 Å². The molecule has 0 N–H and O–H groups in total. The summed E-state index contributed by atoms with van der Waals surface area (Å²) in [4.78, 5) is 0. The second-order valence-corrected chi connectivity index (χ2v) is 16.4. The van der Waals surface area contributed by atoms with Crippen LogP contribution in [0, 0.1) is 0 Å². The van der Waals surface area contributed by atoms with E-state index < -0.39 is 0 Å². The van der Waals surface area contributed by atoms with Gasteiger partial charge in [-0.3, -0.25) is 0 Å². The van der Waals surface area contributed by atoms with Gasteiger partial charge in [-0.25, -0.2) is 0 Å². The summed E-state index contributed by atoms with van der Waals surface area (Å²) in [6, 6.07) is 72.5. The number of benzene rings is 9. The van der Waals surface area contributed by atoms with Crippen LogP contribution in [0.5, 0.6) is 0 Å². The maximum Gasteiger partial charge on any atom is 0.0544 e. The lowest BCUT2D eigenvalue weighted by Crippen LogP contribution is -2.15. The first-order valence-electron chi connectivity index (χ1n) is 20.1. The molecule has 2 aliphatic rings. The van der Waals surface area contributed by atoms with Crippen LogP contribution in [0.2, 0.25) is 0 Å². The number of hydrogen-bond acceptors (Lipinski definition) is 0. The van der Waals surface area contributed by atoms with Gasteiger partial charge in [-0.05, 0) is 119 Å². The van der Waals surface area contributed by atoms with Gasteiger partial charge in [0.2, 0.25) is 0 Å². The van der Waals surface area contributed by atoms with Gasteiger partial charge in [-0.1, -0.05) is 172 Å². The quantitative estimate of drug-likeness (QED) is 0.170. The standard InChI is InChI=1S/C56H39N/c1-56(2)50-25-11-10-22-43(50)47-29-31-52-54(55(47)56)49-34-39(27-30-51(49)57(52)40-19-12-18-37(32-40)35-14-4-3-5-15-35)38-26-28-46-48(33-38)42-21-8-9-23-45(42)53(46)44-24-13-17-36-16-6-7-20-41(36)44/h3-34,53H,1-2H3. The molecule has 1 heterocycles. The summed E-state index contributed by atoms with van der Waals surface area (Å²) in [5, 5.41) is 5.25. The Balaban J connectivity index is 1.08. The van der Waals surface area contributed by atoms with Gasteiger partial charge in [0.15, 0.2) is 0 Å². The SMILES string of the molecule is CC1(C)c2ccccc2-c2ccc3c(c21)c1cc(-c2ccc4c(c2)-c2ccccc2C4c2cccc4ccccc24)ccc1n3-c1cccc(-c2ccccc2)c1. The number of rotatable bonds is 4. The maximum atomic E-state index is 2.49. The summed E-state index contributed by atoms with van der Waals surface area (Å²) in [7, 11) is 0. The molecule has 268 valence electrons. The van der Waals surface area contributed by atoms with E-state index in [1.54, 1.807) is 0 Å². The molecule has 0 saturated carbocycles. The lowest BCUT2D eigenvalue weighted by atomic mass is 9.80. The van der Waals surface area contributed by atoms with E-state index in [1.165, 1.54) is 111 Å². The van der Waals surface area contributed by atoms with Gasteiger partial charge < -0.3 is 4.57 Å². The van der Waals surface area contributed by atoms with E-state index in [4.69, 9.17) is 0 Å². The van der Waals surface area contributed by atoms with E-state index in [-0.39, 0.29) is 11.3 Å². The van der Waals surface area contributed by atoms with Gasteiger partial charge in [-0.15, -0.1) is 0 Å². The van der Waals surface area contributed by atoms with Gasteiger partial charge in [-0.2, -0.15) is 0 Å². The second-order valence-electron chi connectivity index (χ2n) is 16.4. The second kappa shape index (κ2) is 12.0. The number of hydrogen-bond donors (Lipinski definition) is 0. The molecule has 12 rings (SSSR count). The molecule has 0 bridgehead atoms. The Morgan fingerprint density at radius 3 is 1.96 bits per heavy atom. The smallest absolute Gasteiger partial charge is 0.0544 e. The Morgan fingerprint density at radius 1 is 0.404 bits per heavy atom. The van der Waals surface area contributed by atoms with E-state index in [9.17, 15) is 0 Å². The van der Waals surface area contributed by atoms with Crippen molar-refractivity contribution in [2.45, 2.75) is 25.2 Å². The van der Waals surface area contributed by atoms with Crippen LogP contribution in [0.4, 0.5) is 0 Å². The third-order valence-corrected chi connectivity index (χ3v) is 13.1. The van der Waals surface area contributed by atoms with Crippen molar-refractivity contribution in [2.75, 3.05) is 0 Å². The molecular weight excluding hydrogens is 687 g/mol. The van der Waals surface area contributed by atoms with Crippen molar-refractivity contribution in [2.24, 2.45) is 0 Å². The molecule has 10 aromatic rings. The molecule has 0 aliphatic heterocycles. The van der Waals surface area contributed by atoms with Crippen molar-refractivity contribution in [1.29, 1.82) is 0 Å². The molecule has 1 heteroatoms. The van der Waals surface area contributed by atoms with Gasteiger partial charge in [0.25, 0.3) is 0 Å². The highest BCUT2D eigenvalue weighted by molar-refractivity contribution is 6.15. The van der Waals surface area contributed by atoms with Crippen LogP contribution < -0.4 is 0 Å². The highest BCUT2D eigenvalue weighted by Gasteiger charge is 2.38. The summed E-state index contributed by atoms with van der Waals surface area (Å²) in [6.07, 6.45) is 0. The topological polar surface area (TPSA) is 4.93 Å². The van der Waals surface area contributed by atoms with E-state index in [1.807, 2.05) is 0 Å². The molecule has 2 aliphatic carbocycles. The van der Waals surface area contributed by atoms with Gasteiger partial charge in [0.1, 0.15) is 0 Å². The maximum absolute atomic E-state index is 2.49. The van der Waals surface area contributed by atoms with Gasteiger partial charge >= 0.3 is 0 Å². The fourth-order valence-electron chi connectivity index (χ4n) is 10.5. The molecule has 0 radical (unpaired) electrons. The zero-order valence-electron chi connectivity index (χ0n) is 32.0. The minimum atomic E-state index is -0.152.